The molecule has 0 saturated carbocycles. The molecule has 0 aliphatic carbocycles. The number of ether oxygens (including phenoxy) is 1. The van der Waals surface area contributed by atoms with Gasteiger partial charge in [-0.2, -0.15) is 0 Å². The molecule has 2 N–H and O–H groups in total. The van der Waals surface area contributed by atoms with E-state index >= 15 is 0 Å². The number of hydrogen-bond acceptors (Lipinski definition) is 3. The highest BCUT2D eigenvalue weighted by Gasteiger charge is 2.24. The summed E-state index contributed by atoms with van der Waals surface area (Å²) in [6, 6.07) is 7.90. The number of aliphatic hydroxyl groups is 1. The van der Waals surface area contributed by atoms with Crippen LogP contribution in [0.25, 0.3) is 0 Å². The molecule has 1 fully saturated rings. The number of anilines is 1. The molecule has 20 heavy (non-hydrogen) atoms. The van der Waals surface area contributed by atoms with Gasteiger partial charge in [-0.25, -0.2) is 0 Å². The van der Waals surface area contributed by atoms with E-state index in [-0.39, 0.29) is 12.6 Å². The minimum absolute atomic E-state index is 0.128. The third-order valence-electron chi connectivity index (χ3n) is 3.53. The van der Waals surface area contributed by atoms with Crippen LogP contribution in [-0.2, 0) is 0 Å². The van der Waals surface area contributed by atoms with Crippen molar-refractivity contribution < 1.29 is 9.84 Å². The van der Waals surface area contributed by atoms with Gasteiger partial charge in [0.25, 0.3) is 0 Å². The Labute approximate surface area is 125 Å². The second kappa shape index (κ2) is 7.45. The number of hydrogen-bond donors (Lipinski definition) is 2. The molecule has 1 heterocycles. The van der Waals surface area contributed by atoms with Crippen LogP contribution < -0.4 is 10.1 Å². The number of piperidine rings is 1. The molecule has 1 aromatic carbocycles. The molecule has 4 nitrogen and oxygen atoms in total. The molecule has 0 spiro atoms. The van der Waals surface area contributed by atoms with Crippen molar-refractivity contribution in [1.29, 1.82) is 0 Å². The fraction of sp³-hybridized carbons (Fsp3) is 0.533. The monoisotopic (exact) mass is 294 g/mol. The van der Waals surface area contributed by atoms with Crippen LogP contribution >= 0.6 is 12.2 Å². The highest BCUT2D eigenvalue weighted by atomic mass is 32.1. The van der Waals surface area contributed by atoms with E-state index < -0.39 is 0 Å². The van der Waals surface area contributed by atoms with Crippen LogP contribution in [0.1, 0.15) is 26.2 Å². The molecule has 1 atom stereocenters. The van der Waals surface area contributed by atoms with E-state index in [1.807, 2.05) is 31.2 Å². The van der Waals surface area contributed by atoms with Crippen molar-refractivity contribution >= 4 is 23.0 Å². The number of aliphatic hydroxyl groups excluding tert-OH is 1. The number of likely N-dealkylation sites (tertiary alicyclic amines) is 1. The maximum Gasteiger partial charge on any atom is 0.173 e. The van der Waals surface area contributed by atoms with Crippen molar-refractivity contribution in [2.75, 3.05) is 25.1 Å². The zero-order chi connectivity index (χ0) is 14.4. The largest absolute Gasteiger partial charge is 0.492 e. The van der Waals surface area contributed by atoms with Crippen LogP contribution in [0.4, 0.5) is 5.69 Å². The zero-order valence-electron chi connectivity index (χ0n) is 11.8. The quantitative estimate of drug-likeness (QED) is 0.836. The fourth-order valence-electron chi connectivity index (χ4n) is 2.50. The smallest absolute Gasteiger partial charge is 0.173 e. The molecular formula is C15H22N2O2S. The van der Waals surface area contributed by atoms with Gasteiger partial charge in [-0.05, 0) is 50.5 Å². The highest BCUT2D eigenvalue weighted by molar-refractivity contribution is 7.80. The van der Waals surface area contributed by atoms with E-state index in [0.29, 0.717) is 11.7 Å². The zero-order valence-corrected chi connectivity index (χ0v) is 12.7. The Morgan fingerprint density at radius 2 is 2.25 bits per heavy atom. The molecule has 1 aliphatic heterocycles. The van der Waals surface area contributed by atoms with Gasteiger partial charge < -0.3 is 20.1 Å². The number of rotatable bonds is 4. The lowest BCUT2D eigenvalue weighted by atomic mass is 10.0. The lowest BCUT2D eigenvalue weighted by Crippen LogP contribution is -2.47. The lowest BCUT2D eigenvalue weighted by molar-refractivity contribution is 0.149. The number of nitrogens with zero attached hydrogens (tertiary/aromatic N) is 1. The predicted molar refractivity (Wildman–Crippen MR) is 85.3 cm³/mol. The predicted octanol–water partition coefficient (Wildman–Crippen LogP) is 2.63. The van der Waals surface area contributed by atoms with Crippen molar-refractivity contribution in [2.45, 2.75) is 32.2 Å². The summed E-state index contributed by atoms with van der Waals surface area (Å²) in [6.45, 7) is 3.62. The molecule has 0 amide bonds. The molecule has 0 aromatic heterocycles. The van der Waals surface area contributed by atoms with Gasteiger partial charge in [0.15, 0.2) is 5.11 Å². The first kappa shape index (κ1) is 15.1. The Morgan fingerprint density at radius 3 is 3.00 bits per heavy atom. The van der Waals surface area contributed by atoms with Crippen molar-refractivity contribution in [2.24, 2.45) is 0 Å². The Kier molecular flexibility index (Phi) is 5.61. The van der Waals surface area contributed by atoms with E-state index in [4.69, 9.17) is 17.0 Å². The average Bonchev–Trinajstić information content (AvgIpc) is 2.49. The minimum Gasteiger partial charge on any atom is -0.492 e. The molecular weight excluding hydrogens is 272 g/mol. The van der Waals surface area contributed by atoms with Crippen molar-refractivity contribution in [1.82, 2.24) is 4.90 Å². The summed E-state index contributed by atoms with van der Waals surface area (Å²) in [4.78, 5) is 2.08. The van der Waals surface area contributed by atoms with E-state index in [1.54, 1.807) is 0 Å². The molecule has 2 rings (SSSR count). The summed E-state index contributed by atoms with van der Waals surface area (Å²) < 4.78 is 5.59. The first-order valence-corrected chi connectivity index (χ1v) is 7.57. The van der Waals surface area contributed by atoms with Crippen molar-refractivity contribution in [3.8, 4) is 5.75 Å². The van der Waals surface area contributed by atoms with Gasteiger partial charge in [0.2, 0.25) is 0 Å². The van der Waals surface area contributed by atoms with E-state index in [9.17, 15) is 5.11 Å². The Hall–Kier alpha value is -1.33. The number of benzene rings is 1. The van der Waals surface area contributed by atoms with Gasteiger partial charge >= 0.3 is 0 Å². The van der Waals surface area contributed by atoms with Gasteiger partial charge in [0.1, 0.15) is 5.75 Å². The van der Waals surface area contributed by atoms with Gasteiger partial charge in [0, 0.05) is 6.54 Å². The standard InChI is InChI=1S/C15H22N2O2S/c1-2-19-14-9-4-3-8-13(14)16-15(20)17-10-6-5-7-12(17)11-18/h3-4,8-9,12,18H,2,5-7,10-11H2,1H3,(H,16,20). The van der Waals surface area contributed by atoms with Crippen molar-refractivity contribution in [3.05, 3.63) is 24.3 Å². The van der Waals surface area contributed by atoms with Gasteiger partial charge in [-0.3, -0.25) is 0 Å². The summed E-state index contributed by atoms with van der Waals surface area (Å²) in [5, 5.41) is 13.4. The number of para-hydroxylation sites is 2. The molecule has 1 unspecified atom stereocenters. The highest BCUT2D eigenvalue weighted by Crippen LogP contribution is 2.25. The maximum absolute atomic E-state index is 9.46. The second-order valence-corrected chi connectivity index (χ2v) is 5.27. The molecule has 5 heteroatoms. The topological polar surface area (TPSA) is 44.7 Å². The van der Waals surface area contributed by atoms with Crippen LogP contribution in [0.2, 0.25) is 0 Å². The van der Waals surface area contributed by atoms with Crippen LogP contribution in [0.15, 0.2) is 24.3 Å². The normalized spacial score (nSPS) is 18.7. The third kappa shape index (κ3) is 3.61. The Bertz CT molecular complexity index is 453. The summed E-state index contributed by atoms with van der Waals surface area (Å²) in [5.41, 5.74) is 0.876. The van der Waals surface area contributed by atoms with E-state index in [0.717, 1.165) is 37.2 Å². The van der Waals surface area contributed by atoms with Gasteiger partial charge in [-0.15, -0.1) is 0 Å². The molecule has 1 aromatic rings. The maximum atomic E-state index is 9.46. The summed E-state index contributed by atoms with van der Waals surface area (Å²) in [7, 11) is 0. The molecule has 1 aliphatic rings. The SMILES string of the molecule is CCOc1ccccc1NC(=S)N1CCCCC1CO. The molecule has 110 valence electrons. The minimum atomic E-state index is 0.128. The van der Waals surface area contributed by atoms with Crippen LogP contribution in [0.5, 0.6) is 5.75 Å². The molecule has 0 radical (unpaired) electrons. The van der Waals surface area contributed by atoms with Gasteiger partial charge in [-0.1, -0.05) is 12.1 Å². The second-order valence-electron chi connectivity index (χ2n) is 4.88. The lowest BCUT2D eigenvalue weighted by Gasteiger charge is -2.36. The first-order chi connectivity index (χ1) is 9.76. The Morgan fingerprint density at radius 1 is 1.45 bits per heavy atom. The van der Waals surface area contributed by atoms with Crippen LogP contribution in [0, 0.1) is 0 Å². The molecule has 0 bridgehead atoms. The first-order valence-electron chi connectivity index (χ1n) is 7.16. The summed E-state index contributed by atoms with van der Waals surface area (Å²) >= 11 is 5.49. The van der Waals surface area contributed by atoms with Crippen LogP contribution in [0.3, 0.4) is 0 Å². The van der Waals surface area contributed by atoms with Crippen molar-refractivity contribution in [3.63, 3.8) is 0 Å². The summed E-state index contributed by atoms with van der Waals surface area (Å²) in [5.74, 6) is 0.801. The molecule has 1 saturated heterocycles. The average molecular weight is 294 g/mol. The van der Waals surface area contributed by atoms with E-state index in [1.165, 1.54) is 0 Å². The van der Waals surface area contributed by atoms with Crippen LogP contribution in [-0.4, -0.2) is 40.9 Å². The fourth-order valence-corrected chi connectivity index (χ4v) is 2.85. The van der Waals surface area contributed by atoms with Gasteiger partial charge in [0.05, 0.1) is 24.9 Å². The Balaban J connectivity index is 2.07. The van der Waals surface area contributed by atoms with E-state index in [2.05, 4.69) is 10.2 Å². The number of nitrogens with one attached hydrogen (secondary N) is 1. The third-order valence-corrected chi connectivity index (χ3v) is 3.86. The number of thiocarbonyl (C=S) groups is 1. The summed E-state index contributed by atoms with van der Waals surface area (Å²) in [6.07, 6.45) is 3.26.